The Labute approximate surface area is 204 Å². The minimum Gasteiger partial charge on any atom is -0.444 e. The molecule has 1 aromatic rings. The maximum absolute atomic E-state index is 12.1. The molecule has 0 saturated heterocycles. The van der Waals surface area contributed by atoms with Crippen LogP contribution < -0.4 is 10.6 Å². The van der Waals surface area contributed by atoms with Crippen molar-refractivity contribution in [2.45, 2.75) is 58.7 Å². The molecule has 1 aromatic carbocycles. The standard InChI is InChI=1S/C23H38N4O3.HI/c1-23(2,3)30-22(28)27(5)16-19-9-7-18(8-10-19)15-26-21(24-4)25-13-6-14-29-17-20-11-12-20;/h7-10,20H,6,11-17H2,1-5H3,(H2,24,25,26);1H. The molecular formula is C23H39IN4O3. The van der Waals surface area contributed by atoms with Gasteiger partial charge < -0.3 is 25.0 Å². The average molecular weight is 546 g/mol. The highest BCUT2D eigenvalue weighted by atomic mass is 127. The zero-order valence-electron chi connectivity index (χ0n) is 19.6. The van der Waals surface area contributed by atoms with Gasteiger partial charge in [-0.15, -0.1) is 24.0 Å². The second-order valence-corrected chi connectivity index (χ2v) is 8.88. The first kappa shape index (κ1) is 27.5. The summed E-state index contributed by atoms with van der Waals surface area (Å²) in [5, 5.41) is 6.64. The predicted molar refractivity (Wildman–Crippen MR) is 136 cm³/mol. The van der Waals surface area contributed by atoms with Crippen LogP contribution in [0.5, 0.6) is 0 Å². The molecule has 2 rings (SSSR count). The van der Waals surface area contributed by atoms with Crippen molar-refractivity contribution in [1.82, 2.24) is 15.5 Å². The molecule has 0 spiro atoms. The highest BCUT2D eigenvalue weighted by Gasteiger charge is 2.21. The summed E-state index contributed by atoms with van der Waals surface area (Å²) < 4.78 is 11.0. The van der Waals surface area contributed by atoms with Crippen molar-refractivity contribution in [3.63, 3.8) is 0 Å². The minimum atomic E-state index is -0.489. The molecule has 1 fully saturated rings. The van der Waals surface area contributed by atoms with E-state index >= 15 is 0 Å². The number of rotatable bonds is 10. The molecule has 0 unspecified atom stereocenters. The number of ether oxygens (including phenoxy) is 2. The van der Waals surface area contributed by atoms with Gasteiger partial charge in [0.1, 0.15) is 5.60 Å². The summed E-state index contributed by atoms with van der Waals surface area (Å²) in [6.07, 6.45) is 3.31. The van der Waals surface area contributed by atoms with Crippen LogP contribution in [0.1, 0.15) is 51.2 Å². The summed E-state index contributed by atoms with van der Waals surface area (Å²) >= 11 is 0. The van der Waals surface area contributed by atoms with E-state index in [0.717, 1.165) is 49.2 Å². The third-order valence-corrected chi connectivity index (χ3v) is 4.64. The number of carbonyl (C=O) groups is 1. The monoisotopic (exact) mass is 546 g/mol. The third-order valence-electron chi connectivity index (χ3n) is 4.64. The van der Waals surface area contributed by atoms with Crippen LogP contribution in [-0.4, -0.2) is 56.4 Å². The number of aliphatic imine (C=N–C) groups is 1. The van der Waals surface area contributed by atoms with Crippen molar-refractivity contribution in [2.75, 3.05) is 33.9 Å². The van der Waals surface area contributed by atoms with Gasteiger partial charge in [0.2, 0.25) is 0 Å². The Balaban J connectivity index is 0.00000480. The van der Waals surface area contributed by atoms with Gasteiger partial charge in [-0.2, -0.15) is 0 Å². The van der Waals surface area contributed by atoms with E-state index in [0.29, 0.717) is 13.1 Å². The van der Waals surface area contributed by atoms with Crippen LogP contribution >= 0.6 is 24.0 Å². The number of amides is 1. The quantitative estimate of drug-likeness (QED) is 0.200. The number of halogens is 1. The summed E-state index contributed by atoms with van der Waals surface area (Å²) in [4.78, 5) is 17.9. The van der Waals surface area contributed by atoms with Crippen LogP contribution in [0.2, 0.25) is 0 Å². The molecule has 0 aliphatic heterocycles. The van der Waals surface area contributed by atoms with Crippen molar-refractivity contribution < 1.29 is 14.3 Å². The van der Waals surface area contributed by atoms with E-state index in [9.17, 15) is 4.79 Å². The number of nitrogens with zero attached hydrogens (tertiary/aromatic N) is 2. The van der Waals surface area contributed by atoms with Gasteiger partial charge in [-0.1, -0.05) is 24.3 Å². The Kier molecular flexibility index (Phi) is 12.2. The Hall–Kier alpha value is -1.55. The fourth-order valence-corrected chi connectivity index (χ4v) is 2.76. The van der Waals surface area contributed by atoms with Crippen LogP contribution in [0.3, 0.4) is 0 Å². The summed E-state index contributed by atoms with van der Waals surface area (Å²) in [6, 6.07) is 8.19. The minimum absolute atomic E-state index is 0. The molecule has 176 valence electrons. The zero-order valence-corrected chi connectivity index (χ0v) is 21.9. The number of hydrogen-bond acceptors (Lipinski definition) is 4. The van der Waals surface area contributed by atoms with Crippen LogP contribution in [0.25, 0.3) is 0 Å². The molecular weight excluding hydrogens is 507 g/mol. The van der Waals surface area contributed by atoms with Gasteiger partial charge in [0, 0.05) is 46.9 Å². The Morgan fingerprint density at radius 3 is 2.39 bits per heavy atom. The molecule has 0 atom stereocenters. The average Bonchev–Trinajstić information content (AvgIpc) is 3.51. The smallest absolute Gasteiger partial charge is 0.410 e. The summed E-state index contributed by atoms with van der Waals surface area (Å²) in [6.45, 7) is 9.33. The molecule has 1 saturated carbocycles. The first-order valence-electron chi connectivity index (χ1n) is 10.8. The Morgan fingerprint density at radius 2 is 1.81 bits per heavy atom. The molecule has 0 aromatic heterocycles. The second-order valence-electron chi connectivity index (χ2n) is 8.88. The lowest BCUT2D eigenvalue weighted by atomic mass is 10.1. The number of benzene rings is 1. The van der Waals surface area contributed by atoms with Crippen LogP contribution in [0.15, 0.2) is 29.3 Å². The number of guanidine groups is 1. The molecule has 1 aliphatic carbocycles. The lowest BCUT2D eigenvalue weighted by molar-refractivity contribution is 0.0285. The number of carbonyl (C=O) groups excluding carboxylic acids is 1. The first-order chi connectivity index (χ1) is 14.3. The molecule has 0 radical (unpaired) electrons. The molecule has 31 heavy (non-hydrogen) atoms. The zero-order chi connectivity index (χ0) is 22.0. The molecule has 1 amide bonds. The highest BCUT2D eigenvalue weighted by molar-refractivity contribution is 14.0. The van der Waals surface area contributed by atoms with Gasteiger partial charge in [0.05, 0.1) is 0 Å². The van der Waals surface area contributed by atoms with Crippen molar-refractivity contribution in [3.05, 3.63) is 35.4 Å². The van der Waals surface area contributed by atoms with E-state index in [2.05, 4.69) is 27.8 Å². The molecule has 0 heterocycles. The summed E-state index contributed by atoms with van der Waals surface area (Å²) in [5.74, 6) is 1.60. The van der Waals surface area contributed by atoms with Gasteiger partial charge >= 0.3 is 6.09 Å². The SMILES string of the molecule is CN=C(NCCCOCC1CC1)NCc1ccc(CN(C)C(=O)OC(C)(C)C)cc1.I. The lowest BCUT2D eigenvalue weighted by Crippen LogP contribution is -2.37. The maximum atomic E-state index is 12.1. The van der Waals surface area contributed by atoms with Gasteiger partial charge in [0.25, 0.3) is 0 Å². The second kappa shape index (κ2) is 13.8. The number of nitrogens with one attached hydrogen (secondary N) is 2. The van der Waals surface area contributed by atoms with E-state index in [1.807, 2.05) is 32.9 Å². The fourth-order valence-electron chi connectivity index (χ4n) is 2.76. The van der Waals surface area contributed by atoms with Crippen LogP contribution in [0.4, 0.5) is 4.79 Å². The van der Waals surface area contributed by atoms with Crippen molar-refractivity contribution >= 4 is 36.0 Å². The number of hydrogen-bond donors (Lipinski definition) is 2. The Morgan fingerprint density at radius 1 is 1.16 bits per heavy atom. The molecule has 7 nitrogen and oxygen atoms in total. The lowest BCUT2D eigenvalue weighted by Gasteiger charge is -2.24. The first-order valence-corrected chi connectivity index (χ1v) is 10.8. The van der Waals surface area contributed by atoms with Crippen LogP contribution in [0, 0.1) is 5.92 Å². The van der Waals surface area contributed by atoms with E-state index in [4.69, 9.17) is 9.47 Å². The molecule has 2 N–H and O–H groups in total. The van der Waals surface area contributed by atoms with E-state index in [1.54, 1.807) is 19.0 Å². The van der Waals surface area contributed by atoms with Gasteiger partial charge in [-0.3, -0.25) is 4.99 Å². The largest absolute Gasteiger partial charge is 0.444 e. The normalized spacial score (nSPS) is 13.9. The van der Waals surface area contributed by atoms with Gasteiger partial charge in [0.15, 0.2) is 5.96 Å². The summed E-state index contributed by atoms with van der Waals surface area (Å²) in [7, 11) is 3.52. The maximum Gasteiger partial charge on any atom is 0.410 e. The van der Waals surface area contributed by atoms with Crippen molar-refractivity contribution in [2.24, 2.45) is 10.9 Å². The van der Waals surface area contributed by atoms with E-state index in [1.165, 1.54) is 12.8 Å². The third kappa shape index (κ3) is 12.2. The van der Waals surface area contributed by atoms with Gasteiger partial charge in [-0.05, 0) is 57.1 Å². The summed E-state index contributed by atoms with van der Waals surface area (Å²) in [5.41, 5.74) is 1.71. The van der Waals surface area contributed by atoms with E-state index < -0.39 is 5.60 Å². The highest BCUT2D eigenvalue weighted by Crippen LogP contribution is 2.28. The molecule has 0 bridgehead atoms. The molecule has 1 aliphatic rings. The fraction of sp³-hybridized carbons (Fsp3) is 0.652. The molecule has 8 heteroatoms. The van der Waals surface area contributed by atoms with Gasteiger partial charge in [-0.25, -0.2) is 4.79 Å². The topological polar surface area (TPSA) is 75.2 Å². The van der Waals surface area contributed by atoms with E-state index in [-0.39, 0.29) is 30.1 Å². The predicted octanol–water partition coefficient (Wildman–Crippen LogP) is 4.15. The van der Waals surface area contributed by atoms with Crippen molar-refractivity contribution in [1.29, 1.82) is 0 Å². The Bertz CT molecular complexity index is 685. The van der Waals surface area contributed by atoms with Crippen LogP contribution in [-0.2, 0) is 22.6 Å². The van der Waals surface area contributed by atoms with Crippen molar-refractivity contribution in [3.8, 4) is 0 Å².